The number of benzene rings is 6. The Balaban J connectivity index is 1.20. The third-order valence-corrected chi connectivity index (χ3v) is 8.22. The molecule has 3 heterocycles. The minimum Gasteiger partial charge on any atom is -0.453 e. The van der Waals surface area contributed by atoms with Crippen LogP contribution in [-0.2, 0) is 0 Å². The fourth-order valence-electron chi connectivity index (χ4n) is 6.45. The molecule has 9 rings (SSSR count). The van der Waals surface area contributed by atoms with Crippen molar-refractivity contribution in [2.24, 2.45) is 0 Å². The van der Waals surface area contributed by atoms with Gasteiger partial charge in [0, 0.05) is 27.2 Å². The Labute approximate surface area is 233 Å². The second kappa shape index (κ2) is 8.05. The van der Waals surface area contributed by atoms with E-state index in [1.807, 2.05) is 30.3 Å². The summed E-state index contributed by atoms with van der Waals surface area (Å²) in [6.07, 6.45) is 0. The van der Waals surface area contributed by atoms with Gasteiger partial charge in [0.1, 0.15) is 11.6 Å². The molecule has 6 aromatic carbocycles. The summed E-state index contributed by atoms with van der Waals surface area (Å²) in [4.78, 5) is 0. The quantitative estimate of drug-likeness (QED) is 0.216. The summed E-state index contributed by atoms with van der Waals surface area (Å²) in [5.74, 6) is 1.02. The van der Waals surface area contributed by atoms with Gasteiger partial charge in [-0.05, 0) is 90.0 Å². The van der Waals surface area contributed by atoms with E-state index in [9.17, 15) is 8.78 Å². The molecule has 0 unspecified atom stereocenters. The second-order valence-electron chi connectivity index (χ2n) is 10.5. The fourth-order valence-corrected chi connectivity index (χ4v) is 6.45. The summed E-state index contributed by atoms with van der Waals surface area (Å²) in [7, 11) is 0. The Morgan fingerprint density at radius 3 is 1.83 bits per heavy atom. The van der Waals surface area contributed by atoms with Crippen molar-refractivity contribution in [1.29, 1.82) is 0 Å². The van der Waals surface area contributed by atoms with Gasteiger partial charge in [-0.15, -0.1) is 0 Å². The maximum Gasteiger partial charge on any atom is 0.152 e. The van der Waals surface area contributed by atoms with E-state index >= 15 is 0 Å². The van der Waals surface area contributed by atoms with Gasteiger partial charge in [0.15, 0.2) is 11.5 Å². The van der Waals surface area contributed by atoms with Gasteiger partial charge in [0.05, 0.1) is 27.8 Å². The van der Waals surface area contributed by atoms with Crippen LogP contribution in [0.15, 0.2) is 121 Å². The minimum atomic E-state index is -0.342. The summed E-state index contributed by atoms with van der Waals surface area (Å²) in [6.45, 7) is 0. The van der Waals surface area contributed by atoms with Crippen LogP contribution >= 0.6 is 0 Å². The third-order valence-electron chi connectivity index (χ3n) is 8.22. The van der Waals surface area contributed by atoms with Crippen molar-refractivity contribution >= 4 is 43.6 Å². The zero-order valence-corrected chi connectivity index (χ0v) is 21.6. The second-order valence-corrected chi connectivity index (χ2v) is 10.5. The standard InChI is InChI=1S/C36H20F2N2O/c37-23-11-16-30-28(19-23)29-20-24(38)12-17-31(29)39(30)25-13-8-21(9-14-25)22-10-15-32-27(18-22)26-4-3-7-35-36(26)40(32)33-5-1-2-6-34(33)41-35/h1-20H. The minimum absolute atomic E-state index is 0.342. The van der Waals surface area contributed by atoms with Crippen LogP contribution in [0.3, 0.4) is 0 Å². The molecule has 0 saturated carbocycles. The van der Waals surface area contributed by atoms with Crippen LogP contribution in [0.5, 0.6) is 11.5 Å². The lowest BCUT2D eigenvalue weighted by Gasteiger charge is -2.20. The summed E-state index contributed by atoms with van der Waals surface area (Å²) >= 11 is 0. The van der Waals surface area contributed by atoms with Crippen LogP contribution in [0, 0.1) is 11.6 Å². The molecular weight excluding hydrogens is 514 g/mol. The van der Waals surface area contributed by atoms with E-state index in [0.717, 1.165) is 66.8 Å². The number of fused-ring (bicyclic) bond motifs is 8. The lowest BCUT2D eigenvalue weighted by molar-refractivity contribution is 0.476. The topological polar surface area (TPSA) is 19.1 Å². The first-order valence-corrected chi connectivity index (χ1v) is 13.5. The average molecular weight is 535 g/mol. The first-order chi connectivity index (χ1) is 20.1. The number of aromatic nitrogens is 2. The fraction of sp³-hybridized carbons (Fsp3) is 0. The lowest BCUT2D eigenvalue weighted by Crippen LogP contribution is -2.03. The number of ether oxygens (including phenoxy) is 1. The normalized spacial score (nSPS) is 12.3. The van der Waals surface area contributed by atoms with Crippen molar-refractivity contribution in [2.45, 2.75) is 0 Å². The van der Waals surface area contributed by atoms with Crippen molar-refractivity contribution in [3.8, 4) is 34.0 Å². The number of para-hydroxylation sites is 3. The predicted molar refractivity (Wildman–Crippen MR) is 161 cm³/mol. The molecule has 0 aliphatic carbocycles. The molecule has 0 N–H and O–H groups in total. The predicted octanol–water partition coefficient (Wildman–Crippen LogP) is 9.93. The van der Waals surface area contributed by atoms with Gasteiger partial charge >= 0.3 is 0 Å². The van der Waals surface area contributed by atoms with Gasteiger partial charge in [0.25, 0.3) is 0 Å². The Morgan fingerprint density at radius 1 is 0.463 bits per heavy atom. The highest BCUT2D eigenvalue weighted by molar-refractivity contribution is 6.13. The lowest BCUT2D eigenvalue weighted by atomic mass is 10.0. The molecule has 0 radical (unpaired) electrons. The van der Waals surface area contributed by atoms with Gasteiger partial charge in [-0.1, -0.05) is 42.5 Å². The van der Waals surface area contributed by atoms with E-state index in [-0.39, 0.29) is 11.6 Å². The van der Waals surface area contributed by atoms with Crippen molar-refractivity contribution in [3.63, 3.8) is 0 Å². The molecule has 0 atom stereocenters. The van der Waals surface area contributed by atoms with Gasteiger partial charge in [0.2, 0.25) is 0 Å². The van der Waals surface area contributed by atoms with Gasteiger partial charge < -0.3 is 13.9 Å². The number of rotatable bonds is 2. The number of halogens is 2. The molecule has 0 amide bonds. The molecular formula is C36H20F2N2O. The molecule has 41 heavy (non-hydrogen) atoms. The molecule has 3 nitrogen and oxygen atoms in total. The van der Waals surface area contributed by atoms with Crippen LogP contribution in [-0.4, -0.2) is 9.13 Å². The van der Waals surface area contributed by atoms with Crippen molar-refractivity contribution in [1.82, 2.24) is 9.13 Å². The molecule has 0 bridgehead atoms. The van der Waals surface area contributed by atoms with Crippen molar-refractivity contribution < 1.29 is 13.5 Å². The maximum atomic E-state index is 14.1. The number of hydrogen-bond acceptors (Lipinski definition) is 1. The van der Waals surface area contributed by atoms with Crippen LogP contribution in [0.2, 0.25) is 0 Å². The molecule has 1 aliphatic heterocycles. The first kappa shape index (κ1) is 22.4. The Morgan fingerprint density at radius 2 is 1.07 bits per heavy atom. The van der Waals surface area contributed by atoms with E-state index in [4.69, 9.17) is 4.74 Å². The molecule has 0 spiro atoms. The molecule has 5 heteroatoms. The largest absolute Gasteiger partial charge is 0.453 e. The molecule has 2 aromatic heterocycles. The Kier molecular flexibility index (Phi) is 4.40. The van der Waals surface area contributed by atoms with E-state index in [1.165, 1.54) is 24.3 Å². The van der Waals surface area contributed by atoms with E-state index in [0.29, 0.717) is 10.8 Å². The summed E-state index contributed by atoms with van der Waals surface area (Å²) in [5.41, 5.74) is 8.02. The molecule has 8 aromatic rings. The summed E-state index contributed by atoms with van der Waals surface area (Å²) < 4.78 is 38.9. The Hall–Kier alpha value is -5.42. The smallest absolute Gasteiger partial charge is 0.152 e. The first-order valence-electron chi connectivity index (χ1n) is 13.5. The highest BCUT2D eigenvalue weighted by Gasteiger charge is 2.23. The van der Waals surface area contributed by atoms with Crippen molar-refractivity contribution in [3.05, 3.63) is 133 Å². The van der Waals surface area contributed by atoms with Crippen LogP contribution < -0.4 is 4.74 Å². The van der Waals surface area contributed by atoms with E-state index in [2.05, 4.69) is 63.7 Å². The van der Waals surface area contributed by atoms with Crippen LogP contribution in [0.4, 0.5) is 8.78 Å². The van der Waals surface area contributed by atoms with E-state index in [1.54, 1.807) is 12.1 Å². The van der Waals surface area contributed by atoms with Crippen LogP contribution in [0.25, 0.3) is 66.1 Å². The van der Waals surface area contributed by atoms with Gasteiger partial charge in [-0.2, -0.15) is 0 Å². The molecule has 1 aliphatic rings. The monoisotopic (exact) mass is 534 g/mol. The van der Waals surface area contributed by atoms with Crippen molar-refractivity contribution in [2.75, 3.05) is 0 Å². The van der Waals surface area contributed by atoms with E-state index < -0.39 is 0 Å². The summed E-state index contributed by atoms with van der Waals surface area (Å²) in [5, 5.41) is 3.69. The Bertz CT molecular complexity index is 2300. The molecule has 194 valence electrons. The number of nitrogens with zero attached hydrogens (tertiary/aromatic N) is 2. The molecule has 0 saturated heterocycles. The zero-order valence-electron chi connectivity index (χ0n) is 21.6. The average Bonchev–Trinajstić information content (AvgIpc) is 3.50. The van der Waals surface area contributed by atoms with Crippen LogP contribution in [0.1, 0.15) is 0 Å². The van der Waals surface area contributed by atoms with Gasteiger partial charge in [-0.3, -0.25) is 0 Å². The summed E-state index contributed by atoms with van der Waals surface area (Å²) in [6, 6.07) is 38.6. The zero-order chi connectivity index (χ0) is 27.2. The van der Waals surface area contributed by atoms with Gasteiger partial charge in [-0.25, -0.2) is 8.78 Å². The SMILES string of the molecule is Fc1ccc2c(c1)c1cc(F)ccc1n2-c1ccc(-c2ccc3c(c2)c2cccc4c2n3-c2ccccc2O4)cc1. The third kappa shape index (κ3) is 3.11. The highest BCUT2D eigenvalue weighted by atomic mass is 19.1. The maximum absolute atomic E-state index is 14.1. The highest BCUT2D eigenvalue weighted by Crippen LogP contribution is 2.45. The molecule has 0 fully saturated rings. The number of hydrogen-bond donors (Lipinski definition) is 0.